The Morgan fingerprint density at radius 1 is 1.65 bits per heavy atom. The monoisotopic (exact) mass is 249 g/mol. The summed E-state index contributed by atoms with van der Waals surface area (Å²) in [4.78, 5) is 24.5. The van der Waals surface area contributed by atoms with E-state index in [1.54, 1.807) is 11.4 Å². The van der Waals surface area contributed by atoms with Crippen molar-refractivity contribution >= 4 is 28.2 Å². The Labute approximate surface area is 103 Å². The van der Waals surface area contributed by atoms with Gasteiger partial charge in [-0.15, -0.1) is 11.3 Å². The number of carbonyl (C=O) groups excluding carboxylic acids is 2. The average Bonchev–Trinajstić information content (AvgIpc) is 2.89. The number of likely N-dealkylation sites (tertiary alicyclic amines) is 1. The summed E-state index contributed by atoms with van der Waals surface area (Å²) in [5, 5.41) is 13.7. The minimum absolute atomic E-state index is 0.0202. The van der Waals surface area contributed by atoms with Gasteiger partial charge >= 0.3 is 0 Å². The van der Waals surface area contributed by atoms with Gasteiger partial charge in [0, 0.05) is 13.0 Å². The summed E-state index contributed by atoms with van der Waals surface area (Å²) >= 11 is 1.30. The number of hydrogen-bond donors (Lipinski definition) is 1. The molecule has 0 saturated carbocycles. The van der Waals surface area contributed by atoms with Crippen molar-refractivity contribution < 1.29 is 9.59 Å². The zero-order valence-corrected chi connectivity index (χ0v) is 9.92. The lowest BCUT2D eigenvalue weighted by atomic mass is 10.3. The van der Waals surface area contributed by atoms with Crippen molar-refractivity contribution in [1.82, 2.24) is 4.90 Å². The first-order valence-electron chi connectivity index (χ1n) is 5.26. The fourth-order valence-electron chi connectivity index (χ4n) is 1.70. The average molecular weight is 249 g/mol. The van der Waals surface area contributed by atoms with Gasteiger partial charge in [0.1, 0.15) is 11.1 Å². The predicted molar refractivity (Wildman–Crippen MR) is 63.5 cm³/mol. The van der Waals surface area contributed by atoms with Gasteiger partial charge in [-0.2, -0.15) is 5.26 Å². The molecule has 0 atom stereocenters. The maximum atomic E-state index is 11.7. The predicted octanol–water partition coefficient (Wildman–Crippen LogP) is 1.18. The number of nitrogens with zero attached hydrogens (tertiary/aromatic N) is 2. The molecule has 1 aliphatic heterocycles. The second kappa shape index (κ2) is 4.97. The molecule has 1 aromatic heterocycles. The molecule has 1 saturated heterocycles. The number of amides is 2. The van der Waals surface area contributed by atoms with Crippen LogP contribution in [0.1, 0.15) is 18.4 Å². The summed E-state index contributed by atoms with van der Waals surface area (Å²) in [6, 6.07) is 3.65. The lowest BCUT2D eigenvalue weighted by Crippen LogP contribution is -2.33. The first kappa shape index (κ1) is 11.6. The second-order valence-corrected chi connectivity index (χ2v) is 4.66. The van der Waals surface area contributed by atoms with E-state index in [2.05, 4.69) is 5.32 Å². The van der Waals surface area contributed by atoms with Gasteiger partial charge in [0.25, 0.3) is 0 Å². The van der Waals surface area contributed by atoms with Gasteiger partial charge in [0.15, 0.2) is 0 Å². The molecule has 1 fully saturated rings. The third-order valence-electron chi connectivity index (χ3n) is 2.54. The molecule has 0 aromatic carbocycles. The second-order valence-electron chi connectivity index (χ2n) is 3.74. The van der Waals surface area contributed by atoms with Crippen LogP contribution in [-0.2, 0) is 9.59 Å². The van der Waals surface area contributed by atoms with E-state index in [4.69, 9.17) is 5.26 Å². The molecule has 1 N–H and O–H groups in total. The smallest absolute Gasteiger partial charge is 0.244 e. The maximum Gasteiger partial charge on any atom is 0.244 e. The van der Waals surface area contributed by atoms with E-state index in [-0.39, 0.29) is 18.4 Å². The van der Waals surface area contributed by atoms with Crippen molar-refractivity contribution in [2.75, 3.05) is 18.4 Å². The molecule has 0 bridgehead atoms. The molecule has 88 valence electrons. The van der Waals surface area contributed by atoms with E-state index in [0.717, 1.165) is 6.42 Å². The zero-order valence-electron chi connectivity index (χ0n) is 9.10. The van der Waals surface area contributed by atoms with Crippen molar-refractivity contribution in [2.24, 2.45) is 0 Å². The number of anilines is 1. The Morgan fingerprint density at radius 3 is 3.12 bits per heavy atom. The van der Waals surface area contributed by atoms with Gasteiger partial charge in [-0.1, -0.05) is 0 Å². The Bertz CT molecular complexity index is 489. The van der Waals surface area contributed by atoms with Gasteiger partial charge in [-0.25, -0.2) is 0 Å². The normalized spacial score (nSPS) is 14.8. The minimum atomic E-state index is -0.251. The minimum Gasteiger partial charge on any atom is -0.333 e. The van der Waals surface area contributed by atoms with Gasteiger partial charge < -0.3 is 10.2 Å². The Hall–Kier alpha value is -1.87. The summed E-state index contributed by atoms with van der Waals surface area (Å²) in [5.74, 6) is -0.231. The highest BCUT2D eigenvalue weighted by Crippen LogP contribution is 2.22. The largest absolute Gasteiger partial charge is 0.333 e. The van der Waals surface area contributed by atoms with E-state index in [1.165, 1.54) is 16.2 Å². The molecule has 17 heavy (non-hydrogen) atoms. The van der Waals surface area contributed by atoms with Crippen LogP contribution < -0.4 is 5.32 Å². The van der Waals surface area contributed by atoms with Crippen LogP contribution in [0.4, 0.5) is 5.00 Å². The van der Waals surface area contributed by atoms with E-state index < -0.39 is 0 Å². The molecule has 0 unspecified atom stereocenters. The lowest BCUT2D eigenvalue weighted by Gasteiger charge is -2.14. The Kier molecular flexibility index (Phi) is 3.40. The Balaban J connectivity index is 1.94. The maximum absolute atomic E-state index is 11.7. The van der Waals surface area contributed by atoms with Gasteiger partial charge in [0.2, 0.25) is 11.8 Å². The summed E-state index contributed by atoms with van der Waals surface area (Å²) in [6.07, 6.45) is 1.34. The standard InChI is InChI=1S/C11H11N3O2S/c12-6-8-3-5-17-11(8)13-9(15)7-14-4-1-2-10(14)16/h3,5H,1-2,4,7H2,(H,13,15). The number of rotatable bonds is 3. The summed E-state index contributed by atoms with van der Waals surface area (Å²) < 4.78 is 0. The van der Waals surface area contributed by atoms with Crippen molar-refractivity contribution in [3.05, 3.63) is 17.0 Å². The van der Waals surface area contributed by atoms with E-state index in [9.17, 15) is 9.59 Å². The molecule has 2 amide bonds. The van der Waals surface area contributed by atoms with Crippen LogP contribution in [0, 0.1) is 11.3 Å². The van der Waals surface area contributed by atoms with Crippen LogP contribution in [0.15, 0.2) is 11.4 Å². The van der Waals surface area contributed by atoms with E-state index >= 15 is 0 Å². The first-order chi connectivity index (χ1) is 8.20. The van der Waals surface area contributed by atoms with Crippen molar-refractivity contribution in [3.63, 3.8) is 0 Å². The van der Waals surface area contributed by atoms with Crippen molar-refractivity contribution in [3.8, 4) is 6.07 Å². The summed E-state index contributed by atoms with van der Waals surface area (Å²) in [5.41, 5.74) is 0.455. The molecule has 0 spiro atoms. The highest BCUT2D eigenvalue weighted by Gasteiger charge is 2.22. The fourth-order valence-corrected chi connectivity index (χ4v) is 2.46. The molecule has 2 heterocycles. The molecule has 1 aromatic rings. The topological polar surface area (TPSA) is 73.2 Å². The fraction of sp³-hybridized carbons (Fsp3) is 0.364. The number of thiophene rings is 1. The molecular formula is C11H11N3O2S. The molecule has 2 rings (SSSR count). The molecule has 5 nitrogen and oxygen atoms in total. The van der Waals surface area contributed by atoms with Crippen molar-refractivity contribution in [1.29, 1.82) is 5.26 Å². The third kappa shape index (κ3) is 2.63. The highest BCUT2D eigenvalue weighted by molar-refractivity contribution is 7.14. The summed E-state index contributed by atoms with van der Waals surface area (Å²) in [7, 11) is 0. The number of carbonyl (C=O) groups is 2. The lowest BCUT2D eigenvalue weighted by molar-refractivity contribution is -0.131. The van der Waals surface area contributed by atoms with Gasteiger partial charge in [0.05, 0.1) is 12.1 Å². The molecular weight excluding hydrogens is 238 g/mol. The van der Waals surface area contributed by atoms with Crippen LogP contribution in [0.2, 0.25) is 0 Å². The molecule has 0 aliphatic carbocycles. The van der Waals surface area contributed by atoms with Crippen LogP contribution in [0.3, 0.4) is 0 Å². The van der Waals surface area contributed by atoms with E-state index in [0.29, 0.717) is 23.5 Å². The van der Waals surface area contributed by atoms with Crippen molar-refractivity contribution in [2.45, 2.75) is 12.8 Å². The molecule has 0 radical (unpaired) electrons. The third-order valence-corrected chi connectivity index (χ3v) is 3.37. The molecule has 1 aliphatic rings. The van der Waals surface area contributed by atoms with Crippen LogP contribution in [0.25, 0.3) is 0 Å². The number of nitriles is 1. The number of hydrogen-bond acceptors (Lipinski definition) is 4. The highest BCUT2D eigenvalue weighted by atomic mass is 32.1. The van der Waals surface area contributed by atoms with Crippen LogP contribution >= 0.6 is 11.3 Å². The van der Waals surface area contributed by atoms with Crippen LogP contribution in [0.5, 0.6) is 0 Å². The summed E-state index contributed by atoms with van der Waals surface area (Å²) in [6.45, 7) is 0.712. The van der Waals surface area contributed by atoms with E-state index in [1.807, 2.05) is 6.07 Å². The number of nitrogens with one attached hydrogen (secondary N) is 1. The Morgan fingerprint density at radius 2 is 2.47 bits per heavy atom. The SMILES string of the molecule is N#Cc1ccsc1NC(=O)CN1CCCC1=O. The quantitative estimate of drug-likeness (QED) is 0.874. The zero-order chi connectivity index (χ0) is 12.3. The van der Waals surface area contributed by atoms with Crippen LogP contribution in [-0.4, -0.2) is 29.8 Å². The first-order valence-corrected chi connectivity index (χ1v) is 6.14. The van der Waals surface area contributed by atoms with Gasteiger partial charge in [-0.3, -0.25) is 9.59 Å². The van der Waals surface area contributed by atoms with Gasteiger partial charge in [-0.05, 0) is 17.9 Å². The molecule has 6 heteroatoms.